The van der Waals surface area contributed by atoms with Crippen molar-refractivity contribution in [2.45, 2.75) is 0 Å². The zero-order valence-electron chi connectivity index (χ0n) is 7.74. The number of hydrazine groups is 1. The van der Waals surface area contributed by atoms with E-state index < -0.39 is 0 Å². The molecule has 0 aromatic heterocycles. The van der Waals surface area contributed by atoms with Crippen LogP contribution in [-0.2, 0) is 0 Å². The molecule has 0 saturated heterocycles. The van der Waals surface area contributed by atoms with Crippen LogP contribution in [0.2, 0.25) is 0 Å². The van der Waals surface area contributed by atoms with Crippen molar-refractivity contribution in [2.75, 3.05) is 7.05 Å². The number of phenolic OH excluding ortho intramolecular Hbond substituents is 1. The van der Waals surface area contributed by atoms with Gasteiger partial charge in [-0.25, -0.2) is 0 Å². The summed E-state index contributed by atoms with van der Waals surface area (Å²) in [4.78, 5) is 0. The van der Waals surface area contributed by atoms with Crippen LogP contribution in [0.15, 0.2) is 24.3 Å². The van der Waals surface area contributed by atoms with Crippen LogP contribution in [0.5, 0.6) is 5.75 Å². The summed E-state index contributed by atoms with van der Waals surface area (Å²) in [6, 6.07) is 6.80. The van der Waals surface area contributed by atoms with Crippen molar-refractivity contribution in [1.82, 2.24) is 10.7 Å². The summed E-state index contributed by atoms with van der Waals surface area (Å²) in [5, 5.41) is 15.1. The van der Waals surface area contributed by atoms with Gasteiger partial charge in [0.05, 0.1) is 0 Å². The molecule has 0 atom stereocenters. The van der Waals surface area contributed by atoms with Gasteiger partial charge in [-0.05, 0) is 36.5 Å². The average molecular weight is 210 g/mol. The van der Waals surface area contributed by atoms with Crippen molar-refractivity contribution in [3.63, 3.8) is 0 Å². The zero-order chi connectivity index (χ0) is 10.4. The Balaban J connectivity index is 2.52. The Morgan fingerprint density at radius 3 is 2.64 bits per heavy atom. The molecule has 0 heterocycles. The van der Waals surface area contributed by atoms with E-state index in [4.69, 9.17) is 17.3 Å². The number of hydrogen-bond acceptors (Lipinski definition) is 2. The second kappa shape index (κ2) is 5.18. The fourth-order valence-corrected chi connectivity index (χ4v) is 0.877. The quantitative estimate of drug-likeness (QED) is 0.284. The van der Waals surface area contributed by atoms with Crippen LogP contribution >= 0.6 is 12.2 Å². The first-order chi connectivity index (χ1) is 6.72. The lowest BCUT2D eigenvalue weighted by Crippen LogP contribution is -2.82. The Hall–Kier alpha value is -1.62. The lowest BCUT2D eigenvalue weighted by atomic mass is 10.2. The summed E-state index contributed by atoms with van der Waals surface area (Å²) in [6.45, 7) is 0. The molecule has 5 heteroatoms. The number of benzene rings is 1. The van der Waals surface area contributed by atoms with Gasteiger partial charge in [-0.3, -0.25) is 0 Å². The Morgan fingerprint density at radius 2 is 2.07 bits per heavy atom. The van der Waals surface area contributed by atoms with Gasteiger partial charge >= 0.3 is 0 Å². The van der Waals surface area contributed by atoms with Gasteiger partial charge in [0.2, 0.25) is 5.11 Å². The highest BCUT2D eigenvalue weighted by Gasteiger charge is 1.93. The fourth-order valence-electron chi connectivity index (χ4n) is 0.818. The molecule has 1 aromatic carbocycles. The van der Waals surface area contributed by atoms with Gasteiger partial charge in [0.25, 0.3) is 0 Å². The predicted molar refractivity (Wildman–Crippen MR) is 59.0 cm³/mol. The van der Waals surface area contributed by atoms with E-state index in [0.717, 1.165) is 5.56 Å². The third-order valence-electron chi connectivity index (χ3n) is 1.54. The second-order valence-electron chi connectivity index (χ2n) is 2.58. The Morgan fingerprint density at radius 1 is 1.43 bits per heavy atom. The largest absolute Gasteiger partial charge is 0.508 e. The summed E-state index contributed by atoms with van der Waals surface area (Å²) in [6.07, 6.45) is 1.74. The number of hydrazone groups is 1. The first-order valence-electron chi connectivity index (χ1n) is 4.08. The minimum atomic E-state index is 0.251. The lowest BCUT2D eigenvalue weighted by molar-refractivity contribution is -0.500. The van der Waals surface area contributed by atoms with E-state index in [-0.39, 0.29) is 5.75 Å². The van der Waals surface area contributed by atoms with Crippen LogP contribution in [0.25, 0.3) is 0 Å². The molecular formula is C9H12N3OS+. The number of thiocarbonyl (C=S) groups is 1. The van der Waals surface area contributed by atoms with E-state index in [1.165, 1.54) is 0 Å². The van der Waals surface area contributed by atoms with E-state index in [1.54, 1.807) is 37.5 Å². The van der Waals surface area contributed by atoms with Crippen molar-refractivity contribution >= 4 is 23.5 Å². The van der Waals surface area contributed by atoms with E-state index in [9.17, 15) is 0 Å². The van der Waals surface area contributed by atoms with Crippen molar-refractivity contribution in [2.24, 2.45) is 0 Å². The highest BCUT2D eigenvalue weighted by Crippen LogP contribution is 2.06. The minimum absolute atomic E-state index is 0.251. The van der Waals surface area contributed by atoms with Crippen LogP contribution in [0.3, 0.4) is 0 Å². The molecule has 0 spiro atoms. The molecule has 0 amide bonds. The van der Waals surface area contributed by atoms with Gasteiger partial charge in [0.15, 0.2) is 6.21 Å². The molecule has 0 aliphatic heterocycles. The molecule has 1 rings (SSSR count). The van der Waals surface area contributed by atoms with E-state index in [0.29, 0.717) is 5.11 Å². The predicted octanol–water partition coefficient (Wildman–Crippen LogP) is -1.10. The van der Waals surface area contributed by atoms with Crippen LogP contribution in [0, 0.1) is 0 Å². The highest BCUT2D eigenvalue weighted by atomic mass is 32.1. The third-order valence-corrected chi connectivity index (χ3v) is 1.85. The summed E-state index contributed by atoms with van der Waals surface area (Å²) in [5.41, 5.74) is 3.69. The summed E-state index contributed by atoms with van der Waals surface area (Å²) < 4.78 is 0. The molecule has 4 nitrogen and oxygen atoms in total. The molecule has 0 unspecified atom stereocenters. The smallest absolute Gasteiger partial charge is 0.223 e. The molecule has 0 bridgehead atoms. The molecule has 0 aliphatic carbocycles. The maximum absolute atomic E-state index is 9.03. The van der Waals surface area contributed by atoms with E-state index in [2.05, 4.69) is 15.8 Å². The molecule has 1 aromatic rings. The van der Waals surface area contributed by atoms with Crippen molar-refractivity contribution in [3.05, 3.63) is 29.8 Å². The van der Waals surface area contributed by atoms with Crippen LogP contribution in [0.4, 0.5) is 0 Å². The maximum Gasteiger partial charge on any atom is 0.223 e. The third kappa shape index (κ3) is 3.40. The monoisotopic (exact) mass is 210 g/mol. The molecular weight excluding hydrogens is 198 g/mol. The lowest BCUT2D eigenvalue weighted by Gasteiger charge is -1.94. The van der Waals surface area contributed by atoms with Gasteiger partial charge in [-0.1, -0.05) is 0 Å². The summed E-state index contributed by atoms with van der Waals surface area (Å²) >= 11 is 4.85. The van der Waals surface area contributed by atoms with Crippen LogP contribution in [-0.4, -0.2) is 23.5 Å². The molecule has 74 valence electrons. The number of phenols is 1. The minimum Gasteiger partial charge on any atom is -0.508 e. The van der Waals surface area contributed by atoms with Gasteiger partial charge in [-0.2, -0.15) is 0 Å². The first kappa shape index (κ1) is 10.5. The Bertz CT molecular complexity index is 334. The molecule has 0 aliphatic rings. The van der Waals surface area contributed by atoms with Crippen molar-refractivity contribution in [1.29, 1.82) is 0 Å². The molecule has 0 fully saturated rings. The highest BCUT2D eigenvalue weighted by molar-refractivity contribution is 7.80. The summed E-state index contributed by atoms with van der Waals surface area (Å²) in [5.74, 6) is 0.251. The normalized spacial score (nSPS) is 10.1. The molecule has 14 heavy (non-hydrogen) atoms. The van der Waals surface area contributed by atoms with Gasteiger partial charge < -0.3 is 10.4 Å². The van der Waals surface area contributed by atoms with Crippen LogP contribution in [0.1, 0.15) is 5.56 Å². The SMILES string of the molecule is CNC(=S)N[NH+]=Cc1ccc(O)cc1. The fraction of sp³-hybridized carbons (Fsp3) is 0.111. The van der Waals surface area contributed by atoms with Crippen molar-refractivity contribution < 1.29 is 10.2 Å². The Kier molecular flexibility index (Phi) is 3.87. The van der Waals surface area contributed by atoms with E-state index in [1.807, 2.05) is 0 Å². The molecule has 4 N–H and O–H groups in total. The first-order valence-corrected chi connectivity index (χ1v) is 4.48. The van der Waals surface area contributed by atoms with Gasteiger partial charge in [-0.15, -0.1) is 10.5 Å². The average Bonchev–Trinajstić information content (AvgIpc) is 2.21. The number of aromatic hydroxyl groups is 1. The second-order valence-corrected chi connectivity index (χ2v) is 2.99. The molecule has 0 saturated carbocycles. The molecule has 0 radical (unpaired) electrons. The summed E-state index contributed by atoms with van der Waals surface area (Å²) in [7, 11) is 1.73. The topological polar surface area (TPSA) is 58.3 Å². The maximum atomic E-state index is 9.03. The van der Waals surface area contributed by atoms with Gasteiger partial charge in [0.1, 0.15) is 5.75 Å². The standard InChI is InChI=1S/C9H11N3OS/c1-10-9(14)12-11-6-7-2-4-8(13)5-3-7/h2-6,13H,1H3,(H2,10,12,14)/p+1. The van der Waals surface area contributed by atoms with Crippen LogP contribution < -0.4 is 15.8 Å². The van der Waals surface area contributed by atoms with Gasteiger partial charge in [0, 0.05) is 12.6 Å². The van der Waals surface area contributed by atoms with E-state index >= 15 is 0 Å². The van der Waals surface area contributed by atoms with Crippen molar-refractivity contribution in [3.8, 4) is 5.75 Å². The zero-order valence-corrected chi connectivity index (χ0v) is 8.56. The number of rotatable bonds is 2. The Labute approximate surface area is 87.6 Å². The number of hydrogen-bond donors (Lipinski definition) is 4. The number of nitrogens with one attached hydrogen (secondary N) is 3.